The van der Waals surface area contributed by atoms with Gasteiger partial charge in [-0.25, -0.2) is 14.5 Å². The quantitative estimate of drug-likeness (QED) is 0.328. The minimum absolute atomic E-state index is 0.0337. The summed E-state index contributed by atoms with van der Waals surface area (Å²) < 4.78 is 4.84. The molecular formula is C24H25N9O2. The van der Waals surface area contributed by atoms with Crippen LogP contribution in [0.15, 0.2) is 66.1 Å². The van der Waals surface area contributed by atoms with Crippen LogP contribution in [0, 0.1) is 6.92 Å². The average molecular weight is 472 g/mol. The Balaban J connectivity index is 1.62. The standard InChI is InChI=1S/C24H25N9O2/c1-15-8-9-32-20(15)24(35)33(18-6-4-3-5-7-18)23(30-32)16(2)29-22-19(21(25)26-14-27-22)17-12-28-31(13-17)10-11-34/h3-9,12-14,16,34H,10-11H2,1-2H3,(H3,25,26,27,29). The van der Waals surface area contributed by atoms with E-state index in [-0.39, 0.29) is 18.0 Å². The maximum Gasteiger partial charge on any atom is 0.282 e. The second kappa shape index (κ2) is 9.03. The van der Waals surface area contributed by atoms with Crippen molar-refractivity contribution in [1.82, 2.24) is 33.9 Å². The van der Waals surface area contributed by atoms with E-state index in [0.29, 0.717) is 40.5 Å². The van der Waals surface area contributed by atoms with Crippen LogP contribution in [0.3, 0.4) is 0 Å². The van der Waals surface area contributed by atoms with Crippen LogP contribution in [0.2, 0.25) is 0 Å². The Hall–Kier alpha value is -4.51. The fraction of sp³-hybridized carbons (Fsp3) is 0.208. The molecule has 11 nitrogen and oxygen atoms in total. The van der Waals surface area contributed by atoms with E-state index >= 15 is 0 Å². The summed E-state index contributed by atoms with van der Waals surface area (Å²) in [6, 6.07) is 10.8. The van der Waals surface area contributed by atoms with Gasteiger partial charge < -0.3 is 16.2 Å². The Labute approximate surface area is 200 Å². The molecule has 4 N–H and O–H groups in total. The summed E-state index contributed by atoms with van der Waals surface area (Å²) in [4.78, 5) is 22.1. The third kappa shape index (κ3) is 4.02. The maximum absolute atomic E-state index is 13.6. The van der Waals surface area contributed by atoms with Crippen molar-refractivity contribution < 1.29 is 5.11 Å². The van der Waals surface area contributed by atoms with Crippen LogP contribution in [-0.4, -0.2) is 45.6 Å². The first-order valence-corrected chi connectivity index (χ1v) is 11.1. The minimum atomic E-state index is -0.435. The van der Waals surface area contributed by atoms with Gasteiger partial charge in [-0.15, -0.1) is 0 Å². The van der Waals surface area contributed by atoms with Gasteiger partial charge in [-0.1, -0.05) is 18.2 Å². The number of aliphatic hydroxyl groups is 1. The topological polar surface area (TPSA) is 141 Å². The Bertz CT molecular complexity index is 1550. The highest BCUT2D eigenvalue weighted by atomic mass is 16.3. The molecule has 0 radical (unpaired) electrons. The van der Waals surface area contributed by atoms with Gasteiger partial charge in [0, 0.05) is 18.0 Å². The minimum Gasteiger partial charge on any atom is -0.394 e. The van der Waals surface area contributed by atoms with Crippen LogP contribution in [0.25, 0.3) is 22.3 Å². The molecule has 0 bridgehead atoms. The van der Waals surface area contributed by atoms with Gasteiger partial charge in [-0.05, 0) is 37.6 Å². The number of para-hydroxylation sites is 1. The summed E-state index contributed by atoms with van der Waals surface area (Å²) in [7, 11) is 0. The number of aliphatic hydroxyl groups excluding tert-OH is 1. The number of aryl methyl sites for hydroxylation is 1. The first kappa shape index (κ1) is 22.3. The lowest BCUT2D eigenvalue weighted by atomic mass is 10.1. The van der Waals surface area contributed by atoms with Gasteiger partial charge in [0.15, 0.2) is 5.82 Å². The van der Waals surface area contributed by atoms with Gasteiger partial charge in [-0.2, -0.15) is 10.2 Å². The molecule has 0 fully saturated rings. The number of nitrogens with two attached hydrogens (primary N) is 1. The monoisotopic (exact) mass is 471 g/mol. The number of aromatic nitrogens is 7. The molecule has 1 aromatic carbocycles. The smallest absolute Gasteiger partial charge is 0.282 e. The number of nitrogen functional groups attached to an aromatic ring is 1. The highest BCUT2D eigenvalue weighted by Crippen LogP contribution is 2.32. The van der Waals surface area contributed by atoms with Gasteiger partial charge in [0.2, 0.25) is 0 Å². The highest BCUT2D eigenvalue weighted by Gasteiger charge is 2.22. The number of hydrogen-bond acceptors (Lipinski definition) is 8. The predicted molar refractivity (Wildman–Crippen MR) is 132 cm³/mol. The van der Waals surface area contributed by atoms with Crippen molar-refractivity contribution in [3.8, 4) is 16.8 Å². The van der Waals surface area contributed by atoms with E-state index in [0.717, 1.165) is 5.56 Å². The van der Waals surface area contributed by atoms with Crippen molar-refractivity contribution in [2.75, 3.05) is 17.7 Å². The van der Waals surface area contributed by atoms with Crippen LogP contribution in [0.1, 0.15) is 24.4 Å². The number of nitrogens with one attached hydrogen (secondary N) is 1. The van der Waals surface area contributed by atoms with E-state index in [9.17, 15) is 9.90 Å². The maximum atomic E-state index is 13.6. The number of nitrogens with zero attached hydrogens (tertiary/aromatic N) is 7. The first-order chi connectivity index (χ1) is 17.0. The van der Waals surface area contributed by atoms with Gasteiger partial charge in [-0.3, -0.25) is 14.0 Å². The molecule has 1 atom stereocenters. The van der Waals surface area contributed by atoms with Crippen molar-refractivity contribution in [1.29, 1.82) is 0 Å². The van der Waals surface area contributed by atoms with Gasteiger partial charge in [0.25, 0.3) is 5.56 Å². The molecule has 11 heteroatoms. The Morgan fingerprint density at radius 1 is 1.17 bits per heavy atom. The van der Waals surface area contributed by atoms with Crippen molar-refractivity contribution in [3.05, 3.63) is 83.1 Å². The summed E-state index contributed by atoms with van der Waals surface area (Å²) in [5.41, 5.74) is 9.43. The molecule has 5 aromatic rings. The molecule has 0 aliphatic carbocycles. The summed E-state index contributed by atoms with van der Waals surface area (Å²) in [5.74, 6) is 1.26. The summed E-state index contributed by atoms with van der Waals surface area (Å²) in [5, 5.41) is 21.6. The largest absolute Gasteiger partial charge is 0.394 e. The average Bonchev–Trinajstić information content (AvgIpc) is 3.46. The molecule has 0 saturated heterocycles. The van der Waals surface area contributed by atoms with Gasteiger partial charge in [0.05, 0.1) is 36.6 Å². The van der Waals surface area contributed by atoms with E-state index in [1.807, 2.05) is 50.2 Å². The van der Waals surface area contributed by atoms with Gasteiger partial charge >= 0.3 is 0 Å². The molecule has 35 heavy (non-hydrogen) atoms. The molecular weight excluding hydrogens is 446 g/mol. The van der Waals surface area contributed by atoms with Crippen LogP contribution in [0.4, 0.5) is 11.6 Å². The lowest BCUT2D eigenvalue weighted by molar-refractivity contribution is 0.269. The van der Waals surface area contributed by atoms with Crippen LogP contribution >= 0.6 is 0 Å². The molecule has 0 spiro atoms. The highest BCUT2D eigenvalue weighted by molar-refractivity contribution is 5.82. The normalized spacial score (nSPS) is 12.2. The molecule has 1 unspecified atom stereocenters. The summed E-state index contributed by atoms with van der Waals surface area (Å²) >= 11 is 0. The second-order valence-electron chi connectivity index (χ2n) is 8.19. The summed E-state index contributed by atoms with van der Waals surface area (Å²) in [6.07, 6.45) is 6.57. The number of benzene rings is 1. The third-order valence-corrected chi connectivity index (χ3v) is 5.80. The molecule has 0 amide bonds. The van der Waals surface area contributed by atoms with Crippen molar-refractivity contribution >= 4 is 17.2 Å². The molecule has 0 aliphatic heterocycles. The Morgan fingerprint density at radius 3 is 2.74 bits per heavy atom. The van der Waals surface area contributed by atoms with E-state index < -0.39 is 6.04 Å². The zero-order valence-electron chi connectivity index (χ0n) is 19.3. The predicted octanol–water partition coefficient (Wildman–Crippen LogP) is 2.19. The Morgan fingerprint density at radius 2 is 1.97 bits per heavy atom. The van der Waals surface area contributed by atoms with Crippen molar-refractivity contribution in [2.24, 2.45) is 0 Å². The molecule has 5 rings (SSSR count). The van der Waals surface area contributed by atoms with E-state index in [4.69, 9.17) is 10.8 Å². The number of rotatable bonds is 7. The molecule has 178 valence electrons. The van der Waals surface area contributed by atoms with Crippen molar-refractivity contribution in [2.45, 2.75) is 26.4 Å². The SMILES string of the molecule is Cc1ccn2nc(C(C)Nc3ncnc(N)c3-c3cnn(CCO)c3)n(-c3ccccc3)c(=O)c12. The fourth-order valence-electron chi connectivity index (χ4n) is 4.12. The van der Waals surface area contributed by atoms with Crippen LogP contribution in [0.5, 0.6) is 0 Å². The van der Waals surface area contributed by atoms with Crippen LogP contribution in [-0.2, 0) is 6.54 Å². The van der Waals surface area contributed by atoms with E-state index in [1.54, 1.807) is 32.4 Å². The second-order valence-corrected chi connectivity index (χ2v) is 8.19. The van der Waals surface area contributed by atoms with Crippen molar-refractivity contribution in [3.63, 3.8) is 0 Å². The van der Waals surface area contributed by atoms with Crippen LogP contribution < -0.4 is 16.6 Å². The summed E-state index contributed by atoms with van der Waals surface area (Å²) in [6.45, 7) is 4.12. The Kier molecular flexibility index (Phi) is 5.75. The molecule has 4 heterocycles. The molecule has 4 aromatic heterocycles. The third-order valence-electron chi connectivity index (χ3n) is 5.80. The number of hydrogen-bond donors (Lipinski definition) is 3. The fourth-order valence-corrected chi connectivity index (χ4v) is 4.12. The van der Waals surface area contributed by atoms with E-state index in [1.165, 1.54) is 6.33 Å². The number of anilines is 2. The lowest BCUT2D eigenvalue weighted by Gasteiger charge is -2.21. The zero-order valence-corrected chi connectivity index (χ0v) is 19.3. The molecule has 0 aliphatic rings. The zero-order chi connectivity index (χ0) is 24.5. The molecule has 0 saturated carbocycles. The number of fused-ring (bicyclic) bond motifs is 1. The van der Waals surface area contributed by atoms with E-state index in [2.05, 4.69) is 20.4 Å². The van der Waals surface area contributed by atoms with Gasteiger partial charge in [0.1, 0.15) is 23.5 Å². The first-order valence-electron chi connectivity index (χ1n) is 11.1. The lowest BCUT2D eigenvalue weighted by Crippen LogP contribution is -2.29.